The normalized spacial score (nSPS) is 11.5. The minimum atomic E-state index is -1.30. The first kappa shape index (κ1) is 24.4. The van der Waals surface area contributed by atoms with Gasteiger partial charge in [-0.25, -0.2) is 4.79 Å². The van der Waals surface area contributed by atoms with Crippen LogP contribution in [0.5, 0.6) is 0 Å². The lowest BCUT2D eigenvalue weighted by Gasteiger charge is -2.13. The van der Waals surface area contributed by atoms with Gasteiger partial charge >= 0.3 is 11.9 Å². The van der Waals surface area contributed by atoms with E-state index in [1.165, 1.54) is 0 Å². The quantitative estimate of drug-likeness (QED) is 0.271. The highest BCUT2D eigenvalue weighted by Gasteiger charge is 2.21. The van der Waals surface area contributed by atoms with Crippen molar-refractivity contribution in [3.8, 4) is 0 Å². The zero-order valence-corrected chi connectivity index (χ0v) is 17.6. The Morgan fingerprint density at radius 2 is 1.81 bits per heavy atom. The molecule has 1 atom stereocenters. The molecule has 2 aromatic heterocycles. The van der Waals surface area contributed by atoms with Gasteiger partial charge in [0.25, 0.3) is 11.5 Å². The molecule has 0 aliphatic rings. The number of carbonyl (C=O) groups is 3. The van der Waals surface area contributed by atoms with E-state index in [0.717, 1.165) is 11.1 Å². The molecule has 0 aliphatic carbocycles. The third-order valence-corrected chi connectivity index (χ3v) is 4.80. The molecule has 2 heterocycles. The zero-order chi connectivity index (χ0) is 22.5. The number of aliphatic carboxylic acids is 2. The van der Waals surface area contributed by atoms with Crippen molar-refractivity contribution in [2.24, 2.45) is 0 Å². The number of carboxylic acids is 2. The molecular weight excluding hydrogens is 442 g/mol. The van der Waals surface area contributed by atoms with E-state index in [9.17, 15) is 19.2 Å². The summed E-state index contributed by atoms with van der Waals surface area (Å²) in [5.74, 6) is -3.00. The summed E-state index contributed by atoms with van der Waals surface area (Å²) < 4.78 is 0. The number of carbonyl (C=O) groups excluding carboxylic acids is 1. The van der Waals surface area contributed by atoms with Gasteiger partial charge in [0.2, 0.25) is 5.95 Å². The van der Waals surface area contributed by atoms with Gasteiger partial charge in [0.15, 0.2) is 0 Å². The number of nitrogens with zero attached hydrogens (tertiary/aromatic N) is 1. The number of carboxylic acid groups (broad SMARTS) is 2. The van der Waals surface area contributed by atoms with Gasteiger partial charge < -0.3 is 31.2 Å². The minimum absolute atomic E-state index is 0. The van der Waals surface area contributed by atoms with Crippen LogP contribution < -0.4 is 16.6 Å². The summed E-state index contributed by atoms with van der Waals surface area (Å²) in [6, 6.07) is 5.30. The maximum absolute atomic E-state index is 12.3. The maximum Gasteiger partial charge on any atom is 0.326 e. The SMILES string of the molecule is Cl.Nc1nc(=O)c2c(CCc3ccc(C(=O)N[C@@H](CCC(=O)O)C(=O)O)cc3)c[nH]c2[nH]1. The van der Waals surface area contributed by atoms with Gasteiger partial charge in [-0.1, -0.05) is 12.1 Å². The molecule has 11 nitrogen and oxygen atoms in total. The van der Waals surface area contributed by atoms with Crippen LogP contribution in [-0.4, -0.2) is 49.1 Å². The summed E-state index contributed by atoms with van der Waals surface area (Å²) in [5.41, 5.74) is 7.59. The molecule has 32 heavy (non-hydrogen) atoms. The number of hydrogen-bond acceptors (Lipinski definition) is 6. The molecule has 1 amide bonds. The van der Waals surface area contributed by atoms with Crippen molar-refractivity contribution >= 4 is 47.2 Å². The summed E-state index contributed by atoms with van der Waals surface area (Å²) in [6.45, 7) is 0. The number of aromatic amines is 2. The molecule has 0 bridgehead atoms. The van der Waals surface area contributed by atoms with Gasteiger partial charge in [0.1, 0.15) is 11.7 Å². The smallest absolute Gasteiger partial charge is 0.326 e. The predicted octanol–water partition coefficient (Wildman–Crippen LogP) is 1.09. The highest BCUT2D eigenvalue weighted by Crippen LogP contribution is 2.16. The zero-order valence-electron chi connectivity index (χ0n) is 16.8. The van der Waals surface area contributed by atoms with Gasteiger partial charge in [0.05, 0.1) is 5.39 Å². The third-order valence-electron chi connectivity index (χ3n) is 4.80. The Labute approximate surface area is 187 Å². The Hall–Kier alpha value is -3.86. The van der Waals surface area contributed by atoms with Crippen LogP contribution in [0.1, 0.15) is 34.3 Å². The van der Waals surface area contributed by atoms with Crippen LogP contribution in [-0.2, 0) is 22.4 Å². The van der Waals surface area contributed by atoms with Gasteiger partial charge in [-0.3, -0.25) is 14.4 Å². The van der Waals surface area contributed by atoms with E-state index in [-0.39, 0.29) is 36.8 Å². The van der Waals surface area contributed by atoms with Crippen molar-refractivity contribution in [3.05, 3.63) is 57.5 Å². The third kappa shape index (κ3) is 5.85. The molecular formula is C20H22ClN5O6. The monoisotopic (exact) mass is 463 g/mol. The summed E-state index contributed by atoms with van der Waals surface area (Å²) >= 11 is 0. The molecule has 170 valence electrons. The number of halogens is 1. The van der Waals surface area contributed by atoms with Crippen molar-refractivity contribution in [3.63, 3.8) is 0 Å². The molecule has 3 rings (SSSR count). The number of nitrogen functional groups attached to an aromatic ring is 1. The van der Waals surface area contributed by atoms with Crippen molar-refractivity contribution in [2.75, 3.05) is 5.73 Å². The molecule has 1 aromatic carbocycles. The second kappa shape index (κ2) is 10.4. The van der Waals surface area contributed by atoms with Gasteiger partial charge in [0, 0.05) is 18.2 Å². The lowest BCUT2D eigenvalue weighted by atomic mass is 10.0. The van der Waals surface area contributed by atoms with Crippen molar-refractivity contribution in [1.29, 1.82) is 0 Å². The van der Waals surface area contributed by atoms with Crippen LogP contribution >= 0.6 is 12.4 Å². The first-order valence-corrected chi connectivity index (χ1v) is 9.44. The fraction of sp³-hybridized carbons (Fsp3) is 0.250. The lowest BCUT2D eigenvalue weighted by Crippen LogP contribution is -2.41. The number of nitrogens with one attached hydrogen (secondary N) is 3. The molecule has 0 unspecified atom stereocenters. The number of benzene rings is 1. The molecule has 7 N–H and O–H groups in total. The Morgan fingerprint density at radius 1 is 1.12 bits per heavy atom. The van der Waals surface area contributed by atoms with E-state index in [2.05, 4.69) is 20.3 Å². The number of aromatic nitrogens is 3. The van der Waals surface area contributed by atoms with Crippen LogP contribution in [0.15, 0.2) is 35.3 Å². The number of amides is 1. The van der Waals surface area contributed by atoms with Gasteiger partial charge in [-0.15, -0.1) is 12.4 Å². The lowest BCUT2D eigenvalue weighted by molar-refractivity contribution is -0.140. The standard InChI is InChI=1S/C20H21N5O6.ClH/c21-20-24-16-15(18(29)25-20)12(9-22-16)6-3-10-1-4-11(5-2-10)17(28)23-13(19(30)31)7-8-14(26)27;/h1-2,4-5,9,13H,3,6-8H2,(H,23,28)(H,26,27)(H,30,31)(H4,21,22,24,25,29);1H/t13-;/m0./s1. The number of H-pyrrole nitrogens is 2. The van der Waals surface area contributed by atoms with E-state index in [1.54, 1.807) is 30.5 Å². The predicted molar refractivity (Wildman–Crippen MR) is 118 cm³/mol. The van der Waals surface area contributed by atoms with Crippen LogP contribution in [0.4, 0.5) is 5.95 Å². The van der Waals surface area contributed by atoms with Crippen molar-refractivity contribution in [1.82, 2.24) is 20.3 Å². The number of anilines is 1. The van der Waals surface area contributed by atoms with Crippen LogP contribution in [0.3, 0.4) is 0 Å². The number of nitrogens with two attached hydrogens (primary N) is 1. The van der Waals surface area contributed by atoms with E-state index >= 15 is 0 Å². The Morgan fingerprint density at radius 3 is 2.44 bits per heavy atom. The van der Waals surface area contributed by atoms with Crippen LogP contribution in [0.2, 0.25) is 0 Å². The summed E-state index contributed by atoms with van der Waals surface area (Å²) in [6.07, 6.45) is 2.29. The van der Waals surface area contributed by atoms with E-state index in [0.29, 0.717) is 23.9 Å². The van der Waals surface area contributed by atoms with E-state index in [4.69, 9.17) is 15.9 Å². The largest absolute Gasteiger partial charge is 0.481 e. The fourth-order valence-corrected chi connectivity index (χ4v) is 3.19. The number of fused-ring (bicyclic) bond motifs is 1. The minimum Gasteiger partial charge on any atom is -0.481 e. The highest BCUT2D eigenvalue weighted by atomic mass is 35.5. The van der Waals surface area contributed by atoms with Crippen LogP contribution in [0, 0.1) is 0 Å². The topological polar surface area (TPSA) is 191 Å². The first-order valence-electron chi connectivity index (χ1n) is 9.44. The van der Waals surface area contributed by atoms with Crippen molar-refractivity contribution in [2.45, 2.75) is 31.7 Å². The van der Waals surface area contributed by atoms with Crippen LogP contribution in [0.25, 0.3) is 11.0 Å². The molecule has 3 aromatic rings. The highest BCUT2D eigenvalue weighted by molar-refractivity contribution is 5.96. The molecule has 0 fully saturated rings. The van der Waals surface area contributed by atoms with E-state index in [1.807, 2.05) is 0 Å². The number of rotatable bonds is 9. The summed E-state index contributed by atoms with van der Waals surface area (Å²) in [7, 11) is 0. The van der Waals surface area contributed by atoms with Gasteiger partial charge in [-0.05, 0) is 42.5 Å². The van der Waals surface area contributed by atoms with Crippen molar-refractivity contribution < 1.29 is 24.6 Å². The number of hydrogen-bond donors (Lipinski definition) is 6. The van der Waals surface area contributed by atoms with Gasteiger partial charge in [-0.2, -0.15) is 4.98 Å². The average Bonchev–Trinajstić information content (AvgIpc) is 3.12. The average molecular weight is 464 g/mol. The Bertz CT molecular complexity index is 1190. The number of aryl methyl sites for hydroxylation is 2. The summed E-state index contributed by atoms with van der Waals surface area (Å²) in [5, 5.41) is 20.6. The molecule has 0 saturated carbocycles. The molecule has 0 spiro atoms. The Balaban J connectivity index is 0.00000363. The molecule has 12 heteroatoms. The van der Waals surface area contributed by atoms with E-state index < -0.39 is 29.4 Å². The molecule has 0 aliphatic heterocycles. The second-order valence-electron chi connectivity index (χ2n) is 6.98. The Kier molecular flexibility index (Phi) is 7.97. The summed E-state index contributed by atoms with van der Waals surface area (Å²) in [4.78, 5) is 55.7. The molecule has 0 radical (unpaired) electrons. The second-order valence-corrected chi connectivity index (χ2v) is 6.98. The molecule has 0 saturated heterocycles. The fourth-order valence-electron chi connectivity index (χ4n) is 3.19. The maximum atomic E-state index is 12.3. The first-order chi connectivity index (χ1) is 14.7.